The van der Waals surface area contributed by atoms with Gasteiger partial charge in [-0.15, -0.1) is 0 Å². The van der Waals surface area contributed by atoms with Crippen molar-refractivity contribution in [3.8, 4) is 0 Å². The standard InChI is InChI=1S/C16H21NO4/c1-10-6-5-7-11(2)13(10)17-8-16(9-18,15(20)21-4)12(3)14(17)19/h5-7,12,18H,8-9H2,1-4H3. The van der Waals surface area contributed by atoms with Crippen molar-refractivity contribution in [1.29, 1.82) is 0 Å². The van der Waals surface area contributed by atoms with E-state index < -0.39 is 23.9 Å². The van der Waals surface area contributed by atoms with E-state index in [0.717, 1.165) is 16.8 Å². The van der Waals surface area contributed by atoms with E-state index in [1.807, 2.05) is 32.0 Å². The highest BCUT2D eigenvalue weighted by Gasteiger charge is 2.56. The van der Waals surface area contributed by atoms with Crippen molar-refractivity contribution in [1.82, 2.24) is 0 Å². The third-order valence-electron chi connectivity index (χ3n) is 4.49. The van der Waals surface area contributed by atoms with Gasteiger partial charge in [-0.1, -0.05) is 25.1 Å². The number of aryl methyl sites for hydroxylation is 2. The molecule has 1 heterocycles. The fourth-order valence-electron chi connectivity index (χ4n) is 3.08. The van der Waals surface area contributed by atoms with Gasteiger partial charge in [0.1, 0.15) is 5.41 Å². The summed E-state index contributed by atoms with van der Waals surface area (Å²) in [4.78, 5) is 26.3. The van der Waals surface area contributed by atoms with Crippen LogP contribution in [0.1, 0.15) is 18.1 Å². The molecule has 1 aromatic carbocycles. The molecule has 0 bridgehead atoms. The van der Waals surface area contributed by atoms with E-state index in [1.54, 1.807) is 11.8 Å². The van der Waals surface area contributed by atoms with Crippen LogP contribution in [0.3, 0.4) is 0 Å². The molecule has 2 atom stereocenters. The highest BCUT2D eigenvalue weighted by Crippen LogP contribution is 2.41. The second-order valence-corrected chi connectivity index (χ2v) is 5.69. The van der Waals surface area contributed by atoms with Crippen molar-refractivity contribution in [3.05, 3.63) is 29.3 Å². The Balaban J connectivity index is 2.50. The van der Waals surface area contributed by atoms with Crippen molar-refractivity contribution in [2.75, 3.05) is 25.2 Å². The van der Waals surface area contributed by atoms with Crippen molar-refractivity contribution in [2.24, 2.45) is 11.3 Å². The van der Waals surface area contributed by atoms with E-state index >= 15 is 0 Å². The molecular weight excluding hydrogens is 270 g/mol. The summed E-state index contributed by atoms with van der Waals surface area (Å²) in [6.07, 6.45) is 0. The Morgan fingerprint density at radius 1 is 1.43 bits per heavy atom. The number of esters is 1. The summed E-state index contributed by atoms with van der Waals surface area (Å²) in [5, 5.41) is 9.73. The van der Waals surface area contributed by atoms with Gasteiger partial charge in [-0.3, -0.25) is 9.59 Å². The smallest absolute Gasteiger partial charge is 0.316 e. The summed E-state index contributed by atoms with van der Waals surface area (Å²) in [7, 11) is 1.28. The van der Waals surface area contributed by atoms with Gasteiger partial charge < -0.3 is 14.7 Å². The third kappa shape index (κ3) is 2.21. The molecule has 1 aromatic rings. The first-order valence-electron chi connectivity index (χ1n) is 6.96. The molecule has 5 nitrogen and oxygen atoms in total. The lowest BCUT2D eigenvalue weighted by atomic mass is 9.79. The van der Waals surface area contributed by atoms with Crippen LogP contribution in [0, 0.1) is 25.2 Å². The molecule has 0 aliphatic carbocycles. The quantitative estimate of drug-likeness (QED) is 0.856. The number of carbonyl (C=O) groups is 2. The average molecular weight is 291 g/mol. The molecule has 5 heteroatoms. The molecule has 1 aliphatic rings. The number of hydrogen-bond donors (Lipinski definition) is 1. The Labute approximate surface area is 124 Å². The molecular formula is C16H21NO4. The fraction of sp³-hybridized carbons (Fsp3) is 0.500. The molecule has 2 unspecified atom stereocenters. The monoisotopic (exact) mass is 291 g/mol. The zero-order valence-electron chi connectivity index (χ0n) is 12.8. The van der Waals surface area contributed by atoms with Crippen molar-refractivity contribution >= 4 is 17.6 Å². The number of nitrogens with zero attached hydrogens (tertiary/aromatic N) is 1. The van der Waals surface area contributed by atoms with Crippen LogP contribution >= 0.6 is 0 Å². The molecule has 0 aromatic heterocycles. The number of ether oxygens (including phenoxy) is 1. The van der Waals surface area contributed by atoms with Gasteiger partial charge in [0.25, 0.3) is 0 Å². The largest absolute Gasteiger partial charge is 0.468 e. The zero-order valence-corrected chi connectivity index (χ0v) is 12.8. The van der Waals surface area contributed by atoms with Crippen LogP contribution < -0.4 is 4.90 Å². The second-order valence-electron chi connectivity index (χ2n) is 5.69. The third-order valence-corrected chi connectivity index (χ3v) is 4.49. The second kappa shape index (κ2) is 5.48. The Morgan fingerprint density at radius 2 is 2.00 bits per heavy atom. The lowest BCUT2D eigenvalue weighted by molar-refractivity contribution is -0.158. The van der Waals surface area contributed by atoms with Gasteiger partial charge in [-0.2, -0.15) is 0 Å². The number of rotatable bonds is 3. The lowest BCUT2D eigenvalue weighted by Crippen LogP contribution is -2.42. The van der Waals surface area contributed by atoms with E-state index in [1.165, 1.54) is 7.11 Å². The van der Waals surface area contributed by atoms with E-state index in [2.05, 4.69) is 0 Å². The van der Waals surface area contributed by atoms with Crippen LogP contribution in [0.5, 0.6) is 0 Å². The number of carbonyl (C=O) groups excluding carboxylic acids is 2. The summed E-state index contributed by atoms with van der Waals surface area (Å²) in [6.45, 7) is 5.26. The Kier molecular flexibility index (Phi) is 4.05. The molecule has 1 aliphatic heterocycles. The minimum Gasteiger partial charge on any atom is -0.468 e. The van der Waals surface area contributed by atoms with Crippen molar-refractivity contribution in [3.63, 3.8) is 0 Å². The number of methoxy groups -OCH3 is 1. The normalized spacial score (nSPS) is 25.3. The number of benzene rings is 1. The van der Waals surface area contributed by atoms with Crippen LogP contribution in [-0.4, -0.2) is 37.2 Å². The van der Waals surface area contributed by atoms with E-state index in [4.69, 9.17) is 4.74 Å². The number of amides is 1. The maximum absolute atomic E-state index is 12.6. The Morgan fingerprint density at radius 3 is 2.48 bits per heavy atom. The molecule has 2 rings (SSSR count). The zero-order chi connectivity index (χ0) is 15.8. The van der Waals surface area contributed by atoms with Gasteiger partial charge in [0, 0.05) is 12.2 Å². The topological polar surface area (TPSA) is 66.8 Å². The predicted octanol–water partition coefficient (Wildman–Crippen LogP) is 1.44. The first kappa shape index (κ1) is 15.5. The summed E-state index contributed by atoms with van der Waals surface area (Å²) in [6, 6.07) is 5.78. The Hall–Kier alpha value is -1.88. The molecule has 0 spiro atoms. The highest BCUT2D eigenvalue weighted by atomic mass is 16.5. The van der Waals surface area contributed by atoms with Gasteiger partial charge in [-0.05, 0) is 25.0 Å². The molecule has 114 valence electrons. The van der Waals surface area contributed by atoms with Crippen molar-refractivity contribution < 1.29 is 19.4 Å². The van der Waals surface area contributed by atoms with Crippen LogP contribution in [0.25, 0.3) is 0 Å². The van der Waals surface area contributed by atoms with E-state index in [-0.39, 0.29) is 12.5 Å². The first-order chi connectivity index (χ1) is 9.89. The number of anilines is 1. The van der Waals surface area contributed by atoms with Crippen LogP contribution in [0.15, 0.2) is 18.2 Å². The molecule has 0 saturated carbocycles. The number of para-hydroxylation sites is 1. The molecule has 1 saturated heterocycles. The Bertz CT molecular complexity index is 563. The van der Waals surface area contributed by atoms with Gasteiger partial charge in [0.2, 0.25) is 5.91 Å². The summed E-state index contributed by atoms with van der Waals surface area (Å²) in [5.74, 6) is -1.32. The molecule has 1 N–H and O–H groups in total. The summed E-state index contributed by atoms with van der Waals surface area (Å²) in [5.41, 5.74) is 1.55. The lowest BCUT2D eigenvalue weighted by Gasteiger charge is -2.27. The van der Waals surface area contributed by atoms with Crippen LogP contribution in [-0.2, 0) is 14.3 Å². The first-order valence-corrected chi connectivity index (χ1v) is 6.96. The minimum atomic E-state index is -1.19. The van der Waals surface area contributed by atoms with Gasteiger partial charge >= 0.3 is 5.97 Å². The maximum Gasteiger partial charge on any atom is 0.316 e. The summed E-state index contributed by atoms with van der Waals surface area (Å²) >= 11 is 0. The van der Waals surface area contributed by atoms with E-state index in [0.29, 0.717) is 0 Å². The van der Waals surface area contributed by atoms with Gasteiger partial charge in [-0.25, -0.2) is 0 Å². The molecule has 0 radical (unpaired) electrons. The maximum atomic E-state index is 12.6. The molecule has 1 amide bonds. The number of aliphatic hydroxyl groups excluding tert-OH is 1. The van der Waals surface area contributed by atoms with Gasteiger partial charge in [0.15, 0.2) is 0 Å². The van der Waals surface area contributed by atoms with Crippen LogP contribution in [0.2, 0.25) is 0 Å². The van der Waals surface area contributed by atoms with Crippen molar-refractivity contribution in [2.45, 2.75) is 20.8 Å². The molecule has 1 fully saturated rings. The SMILES string of the molecule is COC(=O)C1(CO)CN(c2c(C)cccc2C)C(=O)C1C. The fourth-order valence-corrected chi connectivity index (χ4v) is 3.08. The average Bonchev–Trinajstić information content (AvgIpc) is 2.72. The number of aliphatic hydroxyl groups is 1. The van der Waals surface area contributed by atoms with Gasteiger partial charge in [0.05, 0.1) is 19.6 Å². The van der Waals surface area contributed by atoms with Crippen LogP contribution in [0.4, 0.5) is 5.69 Å². The molecule has 21 heavy (non-hydrogen) atoms. The van der Waals surface area contributed by atoms with E-state index in [9.17, 15) is 14.7 Å². The number of hydrogen-bond acceptors (Lipinski definition) is 4. The summed E-state index contributed by atoms with van der Waals surface area (Å²) < 4.78 is 4.81. The predicted molar refractivity (Wildman–Crippen MR) is 79.0 cm³/mol. The highest BCUT2D eigenvalue weighted by molar-refractivity contribution is 6.03. The minimum absolute atomic E-state index is 0.141.